The third kappa shape index (κ3) is 3.69. The molecule has 0 fully saturated rings. The summed E-state index contributed by atoms with van der Waals surface area (Å²) in [7, 11) is 0. The van der Waals surface area contributed by atoms with Crippen LogP contribution in [0.5, 0.6) is 0 Å². The van der Waals surface area contributed by atoms with Crippen molar-refractivity contribution in [2.24, 2.45) is 4.99 Å². The molecule has 34 heavy (non-hydrogen) atoms. The van der Waals surface area contributed by atoms with Crippen molar-refractivity contribution in [3.63, 3.8) is 0 Å². The van der Waals surface area contributed by atoms with Crippen LogP contribution in [0, 0.1) is 0 Å². The highest BCUT2D eigenvalue weighted by Crippen LogP contribution is 2.32. The Morgan fingerprint density at radius 1 is 0.765 bits per heavy atom. The number of hydrogen-bond acceptors (Lipinski definition) is 3. The summed E-state index contributed by atoms with van der Waals surface area (Å²) in [6, 6.07) is 34.9. The molecule has 0 aliphatic heterocycles. The average Bonchev–Trinajstić information content (AvgIpc) is 2.90. The highest BCUT2D eigenvalue weighted by Gasteiger charge is 2.13. The van der Waals surface area contributed by atoms with Crippen LogP contribution in [-0.4, -0.2) is 15.9 Å². The highest BCUT2D eigenvalue weighted by atomic mass is 16.3. The fourth-order valence-corrected chi connectivity index (χ4v) is 4.08. The topological polar surface area (TPSA) is 71.2 Å². The number of rotatable bonds is 3. The Labute approximate surface area is 195 Å². The van der Waals surface area contributed by atoms with Crippen LogP contribution in [0.25, 0.3) is 44.6 Å². The number of hydrogen-bond donors (Lipinski definition) is 1. The quantitative estimate of drug-likeness (QED) is 0.346. The van der Waals surface area contributed by atoms with E-state index in [1.807, 2.05) is 72.8 Å². The Bertz CT molecular complexity index is 1610. The van der Waals surface area contributed by atoms with Gasteiger partial charge in [0.2, 0.25) is 5.71 Å². The molecule has 0 spiro atoms. The predicted octanol–water partition coefficient (Wildman–Crippen LogP) is 6.38. The van der Waals surface area contributed by atoms with E-state index in [-0.39, 0.29) is 11.4 Å². The summed E-state index contributed by atoms with van der Waals surface area (Å²) in [5.74, 6) is 0.340. The molecular weight excluding hydrogens is 422 g/mol. The maximum Gasteiger partial charge on any atom is 0.279 e. The zero-order chi connectivity index (χ0) is 22.9. The first-order valence-electron chi connectivity index (χ1n) is 11.0. The van der Waals surface area contributed by atoms with E-state index in [1.165, 1.54) is 0 Å². The second-order valence-electron chi connectivity index (χ2n) is 7.97. The predicted molar refractivity (Wildman–Crippen MR) is 133 cm³/mol. The first kappa shape index (κ1) is 19.9. The molecule has 1 amide bonds. The smallest absolute Gasteiger partial charge is 0.279 e. The number of amides is 1. The molecule has 0 aliphatic carbocycles. The van der Waals surface area contributed by atoms with Crippen molar-refractivity contribution >= 4 is 27.9 Å². The molecule has 0 bridgehead atoms. The molecule has 162 valence electrons. The lowest BCUT2D eigenvalue weighted by atomic mass is 10.0. The van der Waals surface area contributed by atoms with E-state index < -0.39 is 0 Å². The maximum absolute atomic E-state index is 12.7. The number of H-pyrrole nitrogens is 1. The largest absolute Gasteiger partial charge is 0.438 e. The number of pyridine rings is 2. The van der Waals surface area contributed by atoms with Crippen LogP contribution in [0.15, 0.2) is 119 Å². The summed E-state index contributed by atoms with van der Waals surface area (Å²) in [6.07, 6.45) is 0. The lowest BCUT2D eigenvalue weighted by Gasteiger charge is -2.11. The first-order valence-corrected chi connectivity index (χ1v) is 11.0. The Kier molecular flexibility index (Phi) is 4.85. The van der Waals surface area contributed by atoms with E-state index in [2.05, 4.69) is 33.2 Å². The van der Waals surface area contributed by atoms with Crippen LogP contribution in [0.2, 0.25) is 0 Å². The molecule has 5 heteroatoms. The van der Waals surface area contributed by atoms with Crippen LogP contribution < -0.4 is 5.49 Å². The summed E-state index contributed by atoms with van der Waals surface area (Å²) in [5, 5.41) is 1.84. The van der Waals surface area contributed by atoms with Gasteiger partial charge in [0.25, 0.3) is 5.91 Å². The maximum atomic E-state index is 12.7. The molecule has 0 saturated carbocycles. The average molecular weight is 441 g/mol. The molecule has 3 aromatic carbocycles. The van der Waals surface area contributed by atoms with Gasteiger partial charge in [-0.3, -0.25) is 4.79 Å². The van der Waals surface area contributed by atoms with Crippen LogP contribution in [0.4, 0.5) is 0 Å². The van der Waals surface area contributed by atoms with Gasteiger partial charge in [0.1, 0.15) is 5.76 Å². The molecule has 0 saturated heterocycles. The lowest BCUT2D eigenvalue weighted by molar-refractivity contribution is 0.0998. The van der Waals surface area contributed by atoms with Gasteiger partial charge in [0.15, 0.2) is 5.49 Å². The van der Waals surface area contributed by atoms with Crippen LogP contribution in [0.3, 0.4) is 0 Å². The Hall–Kier alpha value is -4.77. The minimum Gasteiger partial charge on any atom is -0.438 e. The number of nitrogens with zero attached hydrogens (tertiary/aromatic N) is 2. The summed E-state index contributed by atoms with van der Waals surface area (Å²) in [6.45, 7) is 0. The van der Waals surface area contributed by atoms with Gasteiger partial charge in [-0.05, 0) is 35.2 Å². The molecule has 3 heterocycles. The van der Waals surface area contributed by atoms with Gasteiger partial charge >= 0.3 is 0 Å². The van der Waals surface area contributed by atoms with Gasteiger partial charge in [-0.2, -0.15) is 9.98 Å². The van der Waals surface area contributed by atoms with Crippen molar-refractivity contribution in [2.45, 2.75) is 0 Å². The van der Waals surface area contributed by atoms with E-state index in [4.69, 9.17) is 4.42 Å². The van der Waals surface area contributed by atoms with Crippen molar-refractivity contribution in [3.8, 4) is 22.6 Å². The van der Waals surface area contributed by atoms with Crippen LogP contribution >= 0.6 is 0 Å². The fraction of sp³-hybridized carbons (Fsp3) is 0. The van der Waals surface area contributed by atoms with Crippen molar-refractivity contribution < 1.29 is 9.21 Å². The third-order valence-electron chi connectivity index (χ3n) is 5.70. The zero-order valence-corrected chi connectivity index (χ0v) is 18.1. The van der Waals surface area contributed by atoms with E-state index >= 15 is 0 Å². The molecule has 6 rings (SSSR count). The van der Waals surface area contributed by atoms with Crippen molar-refractivity contribution in [1.82, 2.24) is 9.97 Å². The number of aromatic nitrogens is 2. The molecule has 0 unspecified atom stereocenters. The fourth-order valence-electron chi connectivity index (χ4n) is 4.08. The monoisotopic (exact) mass is 441 g/mol. The normalized spacial score (nSPS) is 11.8. The van der Waals surface area contributed by atoms with E-state index in [0.717, 1.165) is 33.1 Å². The number of carbonyl (C=O) groups is 1. The molecule has 0 aliphatic rings. The number of benzene rings is 3. The van der Waals surface area contributed by atoms with E-state index in [1.54, 1.807) is 18.2 Å². The Morgan fingerprint density at radius 3 is 2.12 bits per heavy atom. The summed E-state index contributed by atoms with van der Waals surface area (Å²) in [4.78, 5) is 25.1. The van der Waals surface area contributed by atoms with Crippen molar-refractivity contribution in [1.29, 1.82) is 0 Å². The van der Waals surface area contributed by atoms with Crippen molar-refractivity contribution in [2.75, 3.05) is 0 Å². The van der Waals surface area contributed by atoms with E-state index in [0.29, 0.717) is 17.0 Å². The molecule has 3 aromatic heterocycles. The van der Waals surface area contributed by atoms with Gasteiger partial charge in [-0.1, -0.05) is 78.9 Å². The molecule has 6 aromatic rings. The van der Waals surface area contributed by atoms with Gasteiger partial charge < -0.3 is 9.40 Å². The first-order chi connectivity index (χ1) is 16.7. The minimum absolute atomic E-state index is 0.290. The Balaban J connectivity index is 1.63. The van der Waals surface area contributed by atoms with Crippen LogP contribution in [-0.2, 0) is 0 Å². The van der Waals surface area contributed by atoms with Gasteiger partial charge in [-0.15, -0.1) is 0 Å². The SMILES string of the molecule is O=C(N=c1cc2[nH]c(-c3ccccc3)cc3cc(-c4ccccc4)oc(n1)c32)c1ccccc1. The van der Waals surface area contributed by atoms with Gasteiger partial charge in [0.05, 0.1) is 10.9 Å². The molecule has 0 radical (unpaired) electrons. The minimum atomic E-state index is -0.353. The standard InChI is InChI=1S/C29H19N3O2/c33-28(21-14-8-3-9-15-21)31-26-18-24-27-22(16-23(30-24)19-10-4-1-5-11-19)17-25(34-29(27)32-26)20-12-6-2-7-13-20/h1-18,30H. The van der Waals surface area contributed by atoms with E-state index in [9.17, 15) is 4.79 Å². The highest BCUT2D eigenvalue weighted by molar-refractivity contribution is 6.06. The number of nitrogens with one attached hydrogen (secondary N) is 1. The molecule has 1 N–H and O–H groups in total. The van der Waals surface area contributed by atoms with Crippen molar-refractivity contribution in [3.05, 3.63) is 120 Å². The molecular formula is C29H19N3O2. The van der Waals surface area contributed by atoms with Crippen LogP contribution in [0.1, 0.15) is 10.4 Å². The second kappa shape index (κ2) is 8.30. The summed E-state index contributed by atoms with van der Waals surface area (Å²) < 4.78 is 6.22. The lowest BCUT2D eigenvalue weighted by Crippen LogP contribution is -2.12. The molecule has 0 atom stereocenters. The van der Waals surface area contributed by atoms with Gasteiger partial charge in [-0.25, -0.2) is 0 Å². The number of carbonyl (C=O) groups excluding carboxylic acids is 1. The number of aromatic amines is 1. The Morgan fingerprint density at radius 2 is 1.41 bits per heavy atom. The second-order valence-corrected chi connectivity index (χ2v) is 7.97. The third-order valence-corrected chi connectivity index (χ3v) is 5.70. The summed E-state index contributed by atoms with van der Waals surface area (Å²) >= 11 is 0. The summed E-state index contributed by atoms with van der Waals surface area (Å²) in [5.41, 5.74) is 4.96. The zero-order valence-electron chi connectivity index (χ0n) is 18.1. The molecule has 5 nitrogen and oxygen atoms in total. The van der Waals surface area contributed by atoms with Gasteiger partial charge in [0, 0.05) is 22.9 Å².